The minimum Gasteiger partial charge on any atom is -0.497 e. The number of allylic oxidation sites excluding steroid dienone is 1. The topological polar surface area (TPSA) is 61.6 Å². The van der Waals surface area contributed by atoms with Crippen molar-refractivity contribution in [2.75, 3.05) is 14.2 Å². The molecule has 0 unspecified atom stereocenters. The molecule has 0 saturated heterocycles. The average Bonchev–Trinajstić information content (AvgIpc) is 3.21. The van der Waals surface area contributed by atoms with Gasteiger partial charge in [-0.15, -0.1) is 0 Å². The second-order valence-electron chi connectivity index (χ2n) is 6.85. The Labute approximate surface area is 174 Å². The van der Waals surface area contributed by atoms with E-state index >= 15 is 0 Å². The summed E-state index contributed by atoms with van der Waals surface area (Å²) in [4.78, 5) is 18.0. The number of oxazole rings is 1. The zero-order valence-corrected chi connectivity index (χ0v) is 17.0. The molecule has 5 nitrogen and oxygen atoms in total. The monoisotopic (exact) mass is 399 g/mol. The second-order valence-corrected chi connectivity index (χ2v) is 6.85. The molecule has 5 heteroatoms. The second kappa shape index (κ2) is 8.25. The standard InChI is InChI=1S/C25H21NO4/c1-16-8-10-17(11-9-16)24(27)20(25-26-21-6-4-5-7-23(21)30-25)15-18-14-19(28-2)12-13-22(18)29-3/h4-15H,1-3H3/b20-15+. The molecule has 0 amide bonds. The first-order chi connectivity index (χ1) is 14.6. The summed E-state index contributed by atoms with van der Waals surface area (Å²) in [6, 6.07) is 20.2. The smallest absolute Gasteiger partial charge is 0.231 e. The molecule has 0 N–H and O–H groups in total. The van der Waals surface area contributed by atoms with E-state index in [2.05, 4.69) is 4.98 Å². The number of rotatable bonds is 6. The van der Waals surface area contributed by atoms with Crippen LogP contribution >= 0.6 is 0 Å². The summed E-state index contributed by atoms with van der Waals surface area (Å²) in [5.41, 5.74) is 3.96. The lowest BCUT2D eigenvalue weighted by Crippen LogP contribution is -2.04. The van der Waals surface area contributed by atoms with Crippen molar-refractivity contribution in [1.29, 1.82) is 0 Å². The Hall–Kier alpha value is -3.86. The van der Waals surface area contributed by atoms with Crippen molar-refractivity contribution in [2.45, 2.75) is 6.92 Å². The summed E-state index contributed by atoms with van der Waals surface area (Å²) in [6.45, 7) is 1.98. The van der Waals surface area contributed by atoms with Crippen LogP contribution in [0.4, 0.5) is 0 Å². The molecule has 0 spiro atoms. The van der Waals surface area contributed by atoms with Crippen molar-refractivity contribution in [3.05, 3.63) is 89.3 Å². The molecule has 0 radical (unpaired) electrons. The molecular formula is C25H21NO4. The molecule has 30 heavy (non-hydrogen) atoms. The zero-order chi connectivity index (χ0) is 21.1. The Morgan fingerprint density at radius 2 is 1.73 bits per heavy atom. The molecule has 1 aromatic heterocycles. The first-order valence-corrected chi connectivity index (χ1v) is 9.50. The Balaban J connectivity index is 1.90. The Kier molecular flexibility index (Phi) is 5.35. The van der Waals surface area contributed by atoms with Gasteiger partial charge in [0.2, 0.25) is 5.89 Å². The number of ether oxygens (including phenoxy) is 2. The van der Waals surface area contributed by atoms with Crippen molar-refractivity contribution in [3.63, 3.8) is 0 Å². The maximum absolute atomic E-state index is 13.5. The Morgan fingerprint density at radius 1 is 0.967 bits per heavy atom. The molecule has 0 atom stereocenters. The van der Waals surface area contributed by atoms with Crippen LogP contribution in [0.1, 0.15) is 27.4 Å². The number of para-hydroxylation sites is 2. The zero-order valence-electron chi connectivity index (χ0n) is 17.0. The van der Waals surface area contributed by atoms with E-state index in [4.69, 9.17) is 13.9 Å². The number of fused-ring (bicyclic) bond motifs is 1. The molecule has 0 aliphatic rings. The SMILES string of the molecule is COc1ccc(OC)c(/C=C(\C(=O)c2ccc(C)cc2)c2nc3ccccc3o2)c1. The van der Waals surface area contributed by atoms with Gasteiger partial charge in [-0.2, -0.15) is 0 Å². The van der Waals surface area contributed by atoms with Crippen LogP contribution in [-0.4, -0.2) is 25.0 Å². The van der Waals surface area contributed by atoms with Crippen LogP contribution in [0.15, 0.2) is 71.1 Å². The summed E-state index contributed by atoms with van der Waals surface area (Å²) in [7, 11) is 3.18. The number of nitrogens with zero attached hydrogens (tertiary/aromatic N) is 1. The van der Waals surface area contributed by atoms with E-state index in [0.29, 0.717) is 39.3 Å². The summed E-state index contributed by atoms with van der Waals surface area (Å²) >= 11 is 0. The van der Waals surface area contributed by atoms with E-state index in [-0.39, 0.29) is 11.7 Å². The summed E-state index contributed by atoms with van der Waals surface area (Å²) < 4.78 is 16.7. The van der Waals surface area contributed by atoms with Gasteiger partial charge in [-0.1, -0.05) is 42.0 Å². The van der Waals surface area contributed by atoms with Gasteiger partial charge in [0, 0.05) is 11.1 Å². The molecule has 1 heterocycles. The maximum Gasteiger partial charge on any atom is 0.231 e. The van der Waals surface area contributed by atoms with Gasteiger partial charge in [-0.3, -0.25) is 4.79 Å². The number of benzene rings is 3. The number of hydrogen-bond acceptors (Lipinski definition) is 5. The molecule has 0 bridgehead atoms. The third-order valence-corrected chi connectivity index (χ3v) is 4.82. The van der Waals surface area contributed by atoms with Gasteiger partial charge < -0.3 is 13.9 Å². The predicted octanol–water partition coefficient (Wildman–Crippen LogP) is 5.58. The van der Waals surface area contributed by atoms with E-state index in [0.717, 1.165) is 5.56 Å². The molecule has 3 aromatic carbocycles. The summed E-state index contributed by atoms with van der Waals surface area (Å²) in [5.74, 6) is 1.33. The first kappa shape index (κ1) is 19.5. The minimum atomic E-state index is -0.188. The third kappa shape index (κ3) is 3.82. The van der Waals surface area contributed by atoms with Gasteiger partial charge >= 0.3 is 0 Å². The average molecular weight is 399 g/mol. The Bertz CT molecular complexity index is 1200. The molecule has 0 aliphatic heterocycles. The first-order valence-electron chi connectivity index (χ1n) is 9.50. The lowest BCUT2D eigenvalue weighted by molar-refractivity contribution is 0.105. The van der Waals surface area contributed by atoms with Crippen LogP contribution in [0.2, 0.25) is 0 Å². The largest absolute Gasteiger partial charge is 0.497 e. The molecule has 150 valence electrons. The normalized spacial score (nSPS) is 11.5. The summed E-state index contributed by atoms with van der Waals surface area (Å²) in [5, 5.41) is 0. The number of aryl methyl sites for hydroxylation is 1. The van der Waals surface area contributed by atoms with Crippen LogP contribution in [0.25, 0.3) is 22.7 Å². The fourth-order valence-electron chi connectivity index (χ4n) is 3.18. The molecule has 0 saturated carbocycles. The minimum absolute atomic E-state index is 0.188. The van der Waals surface area contributed by atoms with Gasteiger partial charge in [0.05, 0.1) is 19.8 Å². The van der Waals surface area contributed by atoms with Crippen LogP contribution in [0, 0.1) is 6.92 Å². The van der Waals surface area contributed by atoms with E-state index in [1.54, 1.807) is 44.6 Å². The summed E-state index contributed by atoms with van der Waals surface area (Å²) in [6.07, 6.45) is 1.73. The van der Waals surface area contributed by atoms with Crippen molar-refractivity contribution < 1.29 is 18.7 Å². The van der Waals surface area contributed by atoms with Crippen molar-refractivity contribution in [3.8, 4) is 11.5 Å². The van der Waals surface area contributed by atoms with Crippen LogP contribution in [0.5, 0.6) is 11.5 Å². The van der Waals surface area contributed by atoms with Crippen molar-refractivity contribution in [2.24, 2.45) is 0 Å². The number of Topliss-reactive ketones (excluding diaryl/α,β-unsaturated/α-hetero) is 1. The molecule has 0 fully saturated rings. The number of aromatic nitrogens is 1. The number of carbonyl (C=O) groups excluding carboxylic acids is 1. The highest BCUT2D eigenvalue weighted by atomic mass is 16.5. The number of hydrogen-bond donors (Lipinski definition) is 0. The van der Waals surface area contributed by atoms with Crippen LogP contribution in [0.3, 0.4) is 0 Å². The van der Waals surface area contributed by atoms with Crippen molar-refractivity contribution >= 4 is 28.5 Å². The highest BCUT2D eigenvalue weighted by Gasteiger charge is 2.21. The number of carbonyl (C=O) groups is 1. The predicted molar refractivity (Wildman–Crippen MR) is 117 cm³/mol. The van der Waals surface area contributed by atoms with Gasteiger partial charge in [-0.05, 0) is 43.3 Å². The fourth-order valence-corrected chi connectivity index (χ4v) is 3.18. The van der Waals surface area contributed by atoms with E-state index in [1.807, 2.05) is 49.4 Å². The molecule has 4 aromatic rings. The van der Waals surface area contributed by atoms with E-state index in [9.17, 15) is 4.79 Å². The lowest BCUT2D eigenvalue weighted by atomic mass is 9.99. The number of methoxy groups -OCH3 is 2. The van der Waals surface area contributed by atoms with Gasteiger partial charge in [0.25, 0.3) is 0 Å². The molecule has 0 aliphatic carbocycles. The molecule has 4 rings (SSSR count). The van der Waals surface area contributed by atoms with Crippen molar-refractivity contribution in [1.82, 2.24) is 4.98 Å². The van der Waals surface area contributed by atoms with Gasteiger partial charge in [-0.25, -0.2) is 4.98 Å². The molecular weight excluding hydrogens is 378 g/mol. The highest BCUT2D eigenvalue weighted by Crippen LogP contribution is 2.31. The quantitative estimate of drug-likeness (QED) is 0.313. The highest BCUT2D eigenvalue weighted by molar-refractivity contribution is 6.31. The van der Waals surface area contributed by atoms with Crippen LogP contribution < -0.4 is 9.47 Å². The van der Waals surface area contributed by atoms with E-state index < -0.39 is 0 Å². The van der Waals surface area contributed by atoms with Gasteiger partial charge in [0.1, 0.15) is 17.0 Å². The fraction of sp³-hybridized carbons (Fsp3) is 0.120. The van der Waals surface area contributed by atoms with E-state index in [1.165, 1.54) is 0 Å². The van der Waals surface area contributed by atoms with Gasteiger partial charge in [0.15, 0.2) is 11.4 Å². The lowest BCUT2D eigenvalue weighted by Gasteiger charge is -2.09. The Morgan fingerprint density at radius 3 is 2.43 bits per heavy atom. The third-order valence-electron chi connectivity index (χ3n) is 4.82. The number of ketones is 1. The van der Waals surface area contributed by atoms with Crippen LogP contribution in [-0.2, 0) is 0 Å². The maximum atomic E-state index is 13.5.